The van der Waals surface area contributed by atoms with Gasteiger partial charge >= 0.3 is 0 Å². The van der Waals surface area contributed by atoms with E-state index < -0.39 is 5.82 Å². The summed E-state index contributed by atoms with van der Waals surface area (Å²) in [6.07, 6.45) is 3.28. The van der Waals surface area contributed by atoms with Gasteiger partial charge in [0.05, 0.1) is 5.02 Å². The molecule has 1 aromatic carbocycles. The van der Waals surface area contributed by atoms with Crippen LogP contribution in [0, 0.1) is 5.82 Å². The minimum absolute atomic E-state index is 0.106. The SMILES string of the molecule is Fc1cc(Nc2ncc[nH]2)ccc1Cl. The summed E-state index contributed by atoms with van der Waals surface area (Å²) in [6.45, 7) is 0. The van der Waals surface area contributed by atoms with Gasteiger partial charge in [-0.15, -0.1) is 0 Å². The maximum Gasteiger partial charge on any atom is 0.204 e. The van der Waals surface area contributed by atoms with Gasteiger partial charge in [-0.05, 0) is 18.2 Å². The molecule has 14 heavy (non-hydrogen) atoms. The van der Waals surface area contributed by atoms with Crippen molar-refractivity contribution in [2.45, 2.75) is 0 Å². The van der Waals surface area contributed by atoms with Gasteiger partial charge in [0.1, 0.15) is 5.82 Å². The number of halogens is 2. The van der Waals surface area contributed by atoms with Crippen molar-refractivity contribution in [3.8, 4) is 0 Å². The van der Waals surface area contributed by atoms with E-state index in [-0.39, 0.29) is 5.02 Å². The average Bonchev–Trinajstić information content (AvgIpc) is 2.64. The third kappa shape index (κ3) is 1.85. The van der Waals surface area contributed by atoms with Crippen molar-refractivity contribution in [1.82, 2.24) is 9.97 Å². The number of aromatic nitrogens is 2. The second kappa shape index (κ2) is 3.67. The van der Waals surface area contributed by atoms with Crippen LogP contribution in [0.4, 0.5) is 16.0 Å². The topological polar surface area (TPSA) is 40.7 Å². The lowest BCUT2D eigenvalue weighted by molar-refractivity contribution is 0.629. The molecule has 3 nitrogen and oxygen atoms in total. The fraction of sp³-hybridized carbons (Fsp3) is 0. The molecule has 0 amide bonds. The molecule has 0 bridgehead atoms. The Bertz CT molecular complexity index is 428. The largest absolute Gasteiger partial charge is 0.331 e. The van der Waals surface area contributed by atoms with E-state index in [1.165, 1.54) is 12.1 Å². The zero-order valence-electron chi connectivity index (χ0n) is 7.09. The van der Waals surface area contributed by atoms with E-state index in [4.69, 9.17) is 11.6 Å². The number of nitrogens with zero attached hydrogens (tertiary/aromatic N) is 1. The fourth-order valence-electron chi connectivity index (χ4n) is 1.04. The van der Waals surface area contributed by atoms with Crippen molar-refractivity contribution in [1.29, 1.82) is 0 Å². The Hall–Kier alpha value is -1.55. The number of hydrogen-bond acceptors (Lipinski definition) is 2. The second-order valence-corrected chi connectivity index (χ2v) is 3.10. The smallest absolute Gasteiger partial charge is 0.204 e. The number of H-pyrrole nitrogens is 1. The Kier molecular flexibility index (Phi) is 2.37. The minimum atomic E-state index is -0.455. The molecule has 0 radical (unpaired) electrons. The first-order valence-corrected chi connectivity index (χ1v) is 4.35. The quantitative estimate of drug-likeness (QED) is 0.802. The first-order chi connectivity index (χ1) is 6.75. The number of anilines is 2. The third-order valence-corrected chi connectivity index (χ3v) is 1.99. The zero-order chi connectivity index (χ0) is 9.97. The number of aromatic amines is 1. The van der Waals surface area contributed by atoms with Gasteiger partial charge in [-0.1, -0.05) is 11.6 Å². The standard InChI is InChI=1S/C9H7ClFN3/c10-7-2-1-6(5-8(7)11)14-9-12-3-4-13-9/h1-5H,(H2,12,13,14). The summed E-state index contributed by atoms with van der Waals surface area (Å²) in [5, 5.41) is 2.99. The highest BCUT2D eigenvalue weighted by atomic mass is 35.5. The molecule has 72 valence electrons. The molecule has 1 heterocycles. The van der Waals surface area contributed by atoms with Crippen LogP contribution < -0.4 is 5.32 Å². The van der Waals surface area contributed by atoms with Crippen LogP contribution in [0.5, 0.6) is 0 Å². The van der Waals surface area contributed by atoms with E-state index >= 15 is 0 Å². The normalized spacial score (nSPS) is 10.1. The van der Waals surface area contributed by atoms with Gasteiger partial charge in [0.25, 0.3) is 0 Å². The molecular weight excluding hydrogens is 205 g/mol. The molecule has 0 atom stereocenters. The molecule has 5 heteroatoms. The fourth-order valence-corrected chi connectivity index (χ4v) is 1.16. The lowest BCUT2D eigenvalue weighted by Gasteiger charge is -2.02. The molecule has 0 saturated carbocycles. The van der Waals surface area contributed by atoms with Gasteiger partial charge in [-0.25, -0.2) is 9.37 Å². The van der Waals surface area contributed by atoms with Crippen LogP contribution in [0.1, 0.15) is 0 Å². The van der Waals surface area contributed by atoms with E-state index in [0.717, 1.165) is 0 Å². The minimum Gasteiger partial charge on any atom is -0.331 e. The van der Waals surface area contributed by atoms with Gasteiger partial charge in [-0.3, -0.25) is 0 Å². The molecule has 0 aliphatic heterocycles. The van der Waals surface area contributed by atoms with Gasteiger partial charge in [0.15, 0.2) is 0 Å². The van der Waals surface area contributed by atoms with E-state index in [1.54, 1.807) is 18.5 Å². The Balaban J connectivity index is 2.22. The summed E-state index contributed by atoms with van der Waals surface area (Å²) < 4.78 is 13.0. The summed E-state index contributed by atoms with van der Waals surface area (Å²) in [5.74, 6) is 0.106. The van der Waals surface area contributed by atoms with E-state index in [0.29, 0.717) is 11.6 Å². The number of nitrogens with one attached hydrogen (secondary N) is 2. The highest BCUT2D eigenvalue weighted by molar-refractivity contribution is 6.30. The predicted octanol–water partition coefficient (Wildman–Crippen LogP) is 2.95. The van der Waals surface area contributed by atoms with Crippen molar-refractivity contribution in [3.63, 3.8) is 0 Å². The van der Waals surface area contributed by atoms with Crippen LogP contribution in [-0.2, 0) is 0 Å². The molecule has 0 aliphatic carbocycles. The summed E-state index contributed by atoms with van der Waals surface area (Å²) in [7, 11) is 0. The molecule has 0 aliphatic rings. The zero-order valence-corrected chi connectivity index (χ0v) is 7.85. The highest BCUT2D eigenvalue weighted by Crippen LogP contribution is 2.20. The van der Waals surface area contributed by atoms with E-state index in [2.05, 4.69) is 15.3 Å². The molecule has 0 unspecified atom stereocenters. The molecule has 2 N–H and O–H groups in total. The molecule has 2 aromatic rings. The summed E-state index contributed by atoms with van der Waals surface area (Å²) in [5.41, 5.74) is 0.599. The van der Waals surface area contributed by atoms with Crippen molar-refractivity contribution in [2.24, 2.45) is 0 Å². The third-order valence-electron chi connectivity index (χ3n) is 1.68. The van der Waals surface area contributed by atoms with Crippen molar-refractivity contribution < 1.29 is 4.39 Å². The van der Waals surface area contributed by atoms with Gasteiger partial charge < -0.3 is 10.3 Å². The molecular formula is C9H7ClFN3. The predicted molar refractivity (Wildman–Crippen MR) is 53.3 cm³/mol. The van der Waals surface area contributed by atoms with Gasteiger partial charge in [0, 0.05) is 18.1 Å². The Morgan fingerprint density at radius 3 is 2.93 bits per heavy atom. The summed E-state index contributed by atoms with van der Waals surface area (Å²) in [4.78, 5) is 6.78. The Morgan fingerprint density at radius 1 is 1.43 bits per heavy atom. The highest BCUT2D eigenvalue weighted by Gasteiger charge is 2.01. The van der Waals surface area contributed by atoms with Crippen LogP contribution in [0.25, 0.3) is 0 Å². The van der Waals surface area contributed by atoms with Crippen LogP contribution in [-0.4, -0.2) is 9.97 Å². The lowest BCUT2D eigenvalue weighted by atomic mass is 10.3. The van der Waals surface area contributed by atoms with Crippen LogP contribution >= 0.6 is 11.6 Å². The second-order valence-electron chi connectivity index (χ2n) is 2.69. The van der Waals surface area contributed by atoms with E-state index in [1.807, 2.05) is 0 Å². The first kappa shape index (κ1) is 9.02. The van der Waals surface area contributed by atoms with Crippen LogP contribution in [0.2, 0.25) is 5.02 Å². The number of rotatable bonds is 2. The monoisotopic (exact) mass is 211 g/mol. The molecule has 0 saturated heterocycles. The van der Waals surface area contributed by atoms with E-state index in [9.17, 15) is 4.39 Å². The Morgan fingerprint density at radius 2 is 2.29 bits per heavy atom. The van der Waals surface area contributed by atoms with Crippen molar-refractivity contribution >= 4 is 23.2 Å². The maximum atomic E-state index is 13.0. The summed E-state index contributed by atoms with van der Waals surface area (Å²) >= 11 is 5.54. The first-order valence-electron chi connectivity index (χ1n) is 3.97. The number of hydrogen-bond donors (Lipinski definition) is 2. The van der Waals surface area contributed by atoms with Crippen LogP contribution in [0.3, 0.4) is 0 Å². The van der Waals surface area contributed by atoms with Gasteiger partial charge in [0.2, 0.25) is 5.95 Å². The van der Waals surface area contributed by atoms with Crippen molar-refractivity contribution in [2.75, 3.05) is 5.32 Å². The van der Waals surface area contributed by atoms with Crippen molar-refractivity contribution in [3.05, 3.63) is 41.4 Å². The molecule has 0 fully saturated rings. The number of imidazole rings is 1. The Labute approximate surface area is 84.9 Å². The number of benzene rings is 1. The lowest BCUT2D eigenvalue weighted by Crippen LogP contribution is -1.92. The average molecular weight is 212 g/mol. The van der Waals surface area contributed by atoms with Gasteiger partial charge in [-0.2, -0.15) is 0 Å². The molecule has 2 rings (SSSR count). The molecule has 1 aromatic heterocycles. The van der Waals surface area contributed by atoms with Crippen LogP contribution in [0.15, 0.2) is 30.6 Å². The maximum absolute atomic E-state index is 13.0. The summed E-state index contributed by atoms with van der Waals surface area (Å²) in [6, 6.07) is 4.47. The molecule has 0 spiro atoms.